The van der Waals surface area contributed by atoms with E-state index < -0.39 is 0 Å². The number of anilines is 2. The molecule has 0 aliphatic rings. The van der Waals surface area contributed by atoms with Crippen molar-refractivity contribution >= 4 is 17.3 Å². The number of carbonyl (C=O) groups is 1. The van der Waals surface area contributed by atoms with Crippen LogP contribution in [-0.2, 0) is 4.79 Å². The molecular weight excluding hydrogens is 288 g/mol. The number of para-hydroxylation sites is 2. The molecule has 0 spiro atoms. The van der Waals surface area contributed by atoms with Crippen LogP contribution in [0.4, 0.5) is 11.4 Å². The van der Waals surface area contributed by atoms with Crippen LogP contribution in [0.5, 0.6) is 5.75 Å². The number of nitrogens with one attached hydrogen (secondary N) is 2. The molecule has 2 aromatic carbocycles. The Morgan fingerprint density at radius 1 is 1.09 bits per heavy atom. The molecule has 2 N–H and O–H groups in total. The van der Waals surface area contributed by atoms with Gasteiger partial charge in [0.05, 0.1) is 18.3 Å². The molecule has 0 radical (unpaired) electrons. The van der Waals surface area contributed by atoms with E-state index in [2.05, 4.69) is 23.6 Å². The fourth-order valence-electron chi connectivity index (χ4n) is 2.31. The van der Waals surface area contributed by atoms with Crippen molar-refractivity contribution in [3.05, 3.63) is 53.6 Å². The predicted molar refractivity (Wildman–Crippen MR) is 95.2 cm³/mol. The van der Waals surface area contributed by atoms with Gasteiger partial charge in [0.2, 0.25) is 5.91 Å². The van der Waals surface area contributed by atoms with E-state index in [1.807, 2.05) is 57.2 Å². The molecule has 0 aliphatic heterocycles. The van der Waals surface area contributed by atoms with Crippen molar-refractivity contribution in [1.82, 2.24) is 0 Å². The Balaban J connectivity index is 1.97. The lowest BCUT2D eigenvalue weighted by Gasteiger charge is -2.15. The molecule has 0 fully saturated rings. The largest absolute Gasteiger partial charge is 0.489 e. The number of carbonyl (C=O) groups excluding carboxylic acids is 1. The lowest BCUT2D eigenvalue weighted by molar-refractivity contribution is -0.114. The number of hydrogen-bond acceptors (Lipinski definition) is 3. The fourth-order valence-corrected chi connectivity index (χ4v) is 2.31. The zero-order valence-corrected chi connectivity index (χ0v) is 14.1. The molecule has 4 heteroatoms. The smallest absolute Gasteiger partial charge is 0.243 e. The maximum Gasteiger partial charge on any atom is 0.243 e. The molecule has 1 amide bonds. The van der Waals surface area contributed by atoms with E-state index >= 15 is 0 Å². The van der Waals surface area contributed by atoms with Gasteiger partial charge >= 0.3 is 0 Å². The van der Waals surface area contributed by atoms with Crippen molar-refractivity contribution in [1.29, 1.82) is 0 Å². The highest BCUT2D eigenvalue weighted by molar-refractivity contribution is 5.95. The van der Waals surface area contributed by atoms with Crippen LogP contribution in [0.15, 0.2) is 42.5 Å². The van der Waals surface area contributed by atoms with Gasteiger partial charge in [-0.25, -0.2) is 0 Å². The highest BCUT2D eigenvalue weighted by Crippen LogP contribution is 2.24. The minimum Gasteiger partial charge on any atom is -0.489 e. The Morgan fingerprint density at radius 3 is 2.52 bits per heavy atom. The van der Waals surface area contributed by atoms with Gasteiger partial charge in [-0.2, -0.15) is 0 Å². The van der Waals surface area contributed by atoms with Crippen LogP contribution in [0.2, 0.25) is 0 Å². The van der Waals surface area contributed by atoms with Crippen LogP contribution in [0.1, 0.15) is 25.0 Å². The van der Waals surface area contributed by atoms with E-state index in [1.54, 1.807) is 0 Å². The summed E-state index contributed by atoms with van der Waals surface area (Å²) in [4.78, 5) is 12.2. The number of rotatable bonds is 6. The van der Waals surface area contributed by atoms with Gasteiger partial charge in [-0.15, -0.1) is 0 Å². The molecule has 0 aliphatic carbocycles. The molecule has 0 aromatic heterocycles. The van der Waals surface area contributed by atoms with Crippen LogP contribution in [0, 0.1) is 13.8 Å². The van der Waals surface area contributed by atoms with Crippen LogP contribution in [-0.4, -0.2) is 18.6 Å². The molecular formula is C19H24N2O2. The first kappa shape index (κ1) is 16.9. The number of benzene rings is 2. The van der Waals surface area contributed by atoms with Crippen LogP contribution in [0.25, 0.3) is 0 Å². The summed E-state index contributed by atoms with van der Waals surface area (Å²) in [5.41, 5.74) is 3.99. The molecule has 2 rings (SSSR count). The minimum atomic E-state index is -0.107. The van der Waals surface area contributed by atoms with E-state index in [0.29, 0.717) is 11.4 Å². The summed E-state index contributed by atoms with van der Waals surface area (Å²) in [7, 11) is 0. The Bertz CT molecular complexity index is 681. The highest BCUT2D eigenvalue weighted by atomic mass is 16.5. The van der Waals surface area contributed by atoms with Gasteiger partial charge in [-0.3, -0.25) is 4.79 Å². The molecule has 0 bridgehead atoms. The maximum atomic E-state index is 12.2. The van der Waals surface area contributed by atoms with Crippen molar-refractivity contribution < 1.29 is 9.53 Å². The third-order valence-corrected chi connectivity index (χ3v) is 3.35. The van der Waals surface area contributed by atoms with E-state index in [-0.39, 0.29) is 18.6 Å². The first-order valence-corrected chi connectivity index (χ1v) is 7.82. The molecule has 0 heterocycles. The highest BCUT2D eigenvalue weighted by Gasteiger charge is 2.09. The van der Waals surface area contributed by atoms with Gasteiger partial charge in [-0.1, -0.05) is 29.8 Å². The number of ether oxygens (including phenoxy) is 1. The normalized spacial score (nSPS) is 10.5. The summed E-state index contributed by atoms with van der Waals surface area (Å²) in [6.07, 6.45) is 0.0568. The zero-order valence-electron chi connectivity index (χ0n) is 14.1. The van der Waals surface area contributed by atoms with Gasteiger partial charge in [0.1, 0.15) is 5.75 Å². The Kier molecular flexibility index (Phi) is 5.63. The third kappa shape index (κ3) is 5.02. The predicted octanol–water partition coefficient (Wildman–Crippen LogP) is 4.14. The maximum absolute atomic E-state index is 12.2. The monoisotopic (exact) mass is 312 g/mol. The topological polar surface area (TPSA) is 50.4 Å². The second-order valence-corrected chi connectivity index (χ2v) is 5.88. The fraction of sp³-hybridized carbons (Fsp3) is 0.316. The Labute approximate surface area is 137 Å². The average molecular weight is 312 g/mol. The van der Waals surface area contributed by atoms with Crippen molar-refractivity contribution in [2.24, 2.45) is 0 Å². The first-order chi connectivity index (χ1) is 11.0. The molecule has 23 heavy (non-hydrogen) atoms. The molecule has 2 aromatic rings. The SMILES string of the molecule is Cc1ccc(NCC(=O)Nc2ccccc2OC(C)C)c(C)c1. The van der Waals surface area contributed by atoms with E-state index in [9.17, 15) is 4.79 Å². The summed E-state index contributed by atoms with van der Waals surface area (Å²) in [5, 5.41) is 6.06. The first-order valence-electron chi connectivity index (χ1n) is 7.82. The second kappa shape index (κ2) is 7.68. The van der Waals surface area contributed by atoms with Crippen molar-refractivity contribution in [3.63, 3.8) is 0 Å². The van der Waals surface area contributed by atoms with Crippen LogP contribution >= 0.6 is 0 Å². The number of aryl methyl sites for hydroxylation is 2. The summed E-state index contributed by atoms with van der Waals surface area (Å²) < 4.78 is 5.71. The van der Waals surface area contributed by atoms with E-state index in [4.69, 9.17) is 4.74 Å². The zero-order chi connectivity index (χ0) is 16.8. The summed E-state index contributed by atoms with van der Waals surface area (Å²) in [5.74, 6) is 0.576. The summed E-state index contributed by atoms with van der Waals surface area (Å²) in [6.45, 7) is 8.20. The van der Waals surface area contributed by atoms with E-state index in [0.717, 1.165) is 11.3 Å². The van der Waals surface area contributed by atoms with Gasteiger partial charge < -0.3 is 15.4 Å². The molecule has 0 saturated heterocycles. The second-order valence-electron chi connectivity index (χ2n) is 5.88. The number of hydrogen-bond donors (Lipinski definition) is 2. The average Bonchev–Trinajstić information content (AvgIpc) is 2.48. The molecule has 4 nitrogen and oxygen atoms in total. The summed E-state index contributed by atoms with van der Waals surface area (Å²) in [6, 6.07) is 13.6. The van der Waals surface area contributed by atoms with Gasteiger partial charge in [0.15, 0.2) is 0 Å². The third-order valence-electron chi connectivity index (χ3n) is 3.35. The lowest BCUT2D eigenvalue weighted by atomic mass is 10.1. The molecule has 0 unspecified atom stereocenters. The van der Waals surface area contributed by atoms with Crippen LogP contribution in [0.3, 0.4) is 0 Å². The van der Waals surface area contributed by atoms with E-state index in [1.165, 1.54) is 5.56 Å². The Morgan fingerprint density at radius 2 is 1.83 bits per heavy atom. The molecule has 0 atom stereocenters. The van der Waals surface area contributed by atoms with Crippen molar-refractivity contribution in [2.45, 2.75) is 33.8 Å². The van der Waals surface area contributed by atoms with Crippen molar-refractivity contribution in [2.75, 3.05) is 17.2 Å². The summed E-state index contributed by atoms with van der Waals surface area (Å²) >= 11 is 0. The molecule has 122 valence electrons. The minimum absolute atomic E-state index is 0.0568. The van der Waals surface area contributed by atoms with Crippen molar-refractivity contribution in [3.8, 4) is 5.75 Å². The number of amides is 1. The molecule has 0 saturated carbocycles. The van der Waals surface area contributed by atoms with Crippen LogP contribution < -0.4 is 15.4 Å². The Hall–Kier alpha value is -2.49. The van der Waals surface area contributed by atoms with Gasteiger partial charge in [-0.05, 0) is 51.5 Å². The van der Waals surface area contributed by atoms with Gasteiger partial charge in [0.25, 0.3) is 0 Å². The van der Waals surface area contributed by atoms with Gasteiger partial charge in [0, 0.05) is 5.69 Å². The lowest BCUT2D eigenvalue weighted by Crippen LogP contribution is -2.22. The quantitative estimate of drug-likeness (QED) is 0.843. The standard InChI is InChI=1S/C19H24N2O2/c1-13(2)23-18-8-6-5-7-17(18)21-19(22)12-20-16-10-9-14(3)11-15(16)4/h5-11,13,20H,12H2,1-4H3,(H,21,22).